The zero-order valence-corrected chi connectivity index (χ0v) is 9.07. The maximum atomic E-state index is 6.33. The van der Waals surface area contributed by atoms with Crippen LogP contribution in [0.1, 0.15) is 26.0 Å². The summed E-state index contributed by atoms with van der Waals surface area (Å²) in [7, 11) is 0. The van der Waals surface area contributed by atoms with Crippen LogP contribution < -0.4 is 5.73 Å². The van der Waals surface area contributed by atoms with E-state index in [-0.39, 0.29) is 11.0 Å². The first-order chi connectivity index (χ1) is 7.03. The highest BCUT2D eigenvalue weighted by atomic mass is 15.1. The summed E-state index contributed by atoms with van der Waals surface area (Å²) in [5.74, 6) is 0. The quantitative estimate of drug-likeness (QED) is 0.766. The van der Waals surface area contributed by atoms with Gasteiger partial charge >= 0.3 is 0 Å². The normalized spacial score (nSPS) is 28.2. The summed E-state index contributed by atoms with van der Waals surface area (Å²) in [6, 6.07) is 6.00. The SMILES string of the molecule is CC1(C)CC1(N)c1cn2ccccc2n1. The van der Waals surface area contributed by atoms with E-state index in [9.17, 15) is 0 Å². The molecule has 2 heterocycles. The molecular weight excluding hydrogens is 186 g/mol. The number of aromatic nitrogens is 2. The lowest BCUT2D eigenvalue weighted by atomic mass is 10.0. The number of hydrogen-bond acceptors (Lipinski definition) is 2. The van der Waals surface area contributed by atoms with Gasteiger partial charge in [0.2, 0.25) is 0 Å². The van der Waals surface area contributed by atoms with Crippen molar-refractivity contribution in [3.05, 3.63) is 36.3 Å². The number of hydrogen-bond donors (Lipinski definition) is 1. The molecule has 2 aromatic rings. The van der Waals surface area contributed by atoms with Crippen molar-refractivity contribution in [3.63, 3.8) is 0 Å². The van der Waals surface area contributed by atoms with E-state index < -0.39 is 0 Å². The van der Waals surface area contributed by atoms with Gasteiger partial charge in [0.05, 0.1) is 11.2 Å². The average molecular weight is 201 g/mol. The Morgan fingerprint density at radius 1 is 1.40 bits per heavy atom. The van der Waals surface area contributed by atoms with Crippen LogP contribution in [0, 0.1) is 5.41 Å². The molecule has 1 saturated carbocycles. The fourth-order valence-electron chi connectivity index (χ4n) is 2.24. The second-order valence-electron chi connectivity index (χ2n) is 5.12. The van der Waals surface area contributed by atoms with Crippen molar-refractivity contribution in [1.82, 2.24) is 9.38 Å². The van der Waals surface area contributed by atoms with Gasteiger partial charge in [-0.3, -0.25) is 0 Å². The van der Waals surface area contributed by atoms with E-state index >= 15 is 0 Å². The van der Waals surface area contributed by atoms with Gasteiger partial charge in [0, 0.05) is 12.4 Å². The fourth-order valence-corrected chi connectivity index (χ4v) is 2.24. The van der Waals surface area contributed by atoms with Gasteiger partial charge < -0.3 is 10.1 Å². The minimum Gasteiger partial charge on any atom is -0.320 e. The minimum absolute atomic E-state index is 0.185. The molecule has 0 radical (unpaired) electrons. The Morgan fingerprint density at radius 3 is 2.73 bits per heavy atom. The Bertz CT molecular complexity index is 493. The lowest BCUT2D eigenvalue weighted by Gasteiger charge is -2.10. The maximum absolute atomic E-state index is 6.33. The zero-order valence-electron chi connectivity index (χ0n) is 9.07. The maximum Gasteiger partial charge on any atom is 0.137 e. The molecular formula is C12H15N3. The van der Waals surface area contributed by atoms with Gasteiger partial charge in [-0.2, -0.15) is 0 Å². The summed E-state index contributed by atoms with van der Waals surface area (Å²) in [5, 5.41) is 0. The van der Waals surface area contributed by atoms with Gasteiger partial charge in [-0.1, -0.05) is 19.9 Å². The Hall–Kier alpha value is -1.35. The van der Waals surface area contributed by atoms with E-state index in [4.69, 9.17) is 5.73 Å². The van der Waals surface area contributed by atoms with Crippen LogP contribution in [0.2, 0.25) is 0 Å². The first-order valence-corrected chi connectivity index (χ1v) is 5.26. The van der Waals surface area contributed by atoms with Gasteiger partial charge in [-0.05, 0) is 24.0 Å². The molecule has 0 aliphatic heterocycles. The van der Waals surface area contributed by atoms with Gasteiger partial charge in [0.15, 0.2) is 0 Å². The van der Waals surface area contributed by atoms with Crippen LogP contribution in [-0.4, -0.2) is 9.38 Å². The predicted octanol–water partition coefficient (Wildman–Crippen LogP) is 1.92. The molecule has 0 amide bonds. The summed E-state index contributed by atoms with van der Waals surface area (Å²) in [6.45, 7) is 4.38. The number of nitrogens with zero attached hydrogens (tertiary/aromatic N) is 2. The molecule has 2 aromatic heterocycles. The molecule has 1 fully saturated rings. The summed E-state index contributed by atoms with van der Waals surface area (Å²) < 4.78 is 2.03. The summed E-state index contributed by atoms with van der Waals surface area (Å²) in [4.78, 5) is 4.58. The monoisotopic (exact) mass is 201 g/mol. The van der Waals surface area contributed by atoms with Crippen LogP contribution in [0.15, 0.2) is 30.6 Å². The Kier molecular flexibility index (Phi) is 1.44. The van der Waals surface area contributed by atoms with Crippen molar-refractivity contribution in [3.8, 4) is 0 Å². The zero-order chi connectivity index (χ0) is 10.7. The molecule has 1 atom stereocenters. The molecule has 0 aromatic carbocycles. The second kappa shape index (κ2) is 2.42. The van der Waals surface area contributed by atoms with Gasteiger partial charge in [-0.25, -0.2) is 4.98 Å². The third kappa shape index (κ3) is 1.07. The first-order valence-electron chi connectivity index (χ1n) is 5.26. The lowest BCUT2D eigenvalue weighted by molar-refractivity contribution is 0.502. The van der Waals surface area contributed by atoms with Crippen LogP contribution in [0.5, 0.6) is 0 Å². The highest BCUT2D eigenvalue weighted by Crippen LogP contribution is 2.59. The molecule has 1 unspecified atom stereocenters. The fraction of sp³-hybridized carbons (Fsp3) is 0.417. The molecule has 3 nitrogen and oxygen atoms in total. The summed E-state index contributed by atoms with van der Waals surface area (Å²) >= 11 is 0. The number of pyridine rings is 1. The van der Waals surface area contributed by atoms with Crippen molar-refractivity contribution in [2.24, 2.45) is 11.1 Å². The molecule has 2 N–H and O–H groups in total. The lowest BCUT2D eigenvalue weighted by Crippen LogP contribution is -2.25. The molecule has 0 spiro atoms. The van der Waals surface area contributed by atoms with Crippen LogP contribution >= 0.6 is 0 Å². The minimum atomic E-state index is -0.223. The molecule has 1 aliphatic rings. The van der Waals surface area contributed by atoms with Crippen LogP contribution in [0.3, 0.4) is 0 Å². The van der Waals surface area contributed by atoms with Crippen molar-refractivity contribution >= 4 is 5.65 Å². The second-order valence-corrected chi connectivity index (χ2v) is 5.12. The van der Waals surface area contributed by atoms with E-state index in [0.29, 0.717) is 0 Å². The third-order valence-corrected chi connectivity index (χ3v) is 3.62. The highest BCUT2D eigenvalue weighted by molar-refractivity contribution is 5.43. The molecule has 3 heteroatoms. The van der Waals surface area contributed by atoms with Crippen molar-refractivity contribution < 1.29 is 0 Å². The van der Waals surface area contributed by atoms with E-state index in [1.54, 1.807) is 0 Å². The molecule has 0 bridgehead atoms. The van der Waals surface area contributed by atoms with Gasteiger partial charge in [0.1, 0.15) is 5.65 Å². The Morgan fingerprint density at radius 2 is 2.13 bits per heavy atom. The largest absolute Gasteiger partial charge is 0.320 e. The summed E-state index contributed by atoms with van der Waals surface area (Å²) in [6.07, 6.45) is 5.07. The van der Waals surface area contributed by atoms with Gasteiger partial charge in [-0.15, -0.1) is 0 Å². The number of imidazole rings is 1. The van der Waals surface area contributed by atoms with Crippen LogP contribution in [0.4, 0.5) is 0 Å². The first kappa shape index (κ1) is 8.92. The predicted molar refractivity (Wildman–Crippen MR) is 59.5 cm³/mol. The topological polar surface area (TPSA) is 43.3 Å². The Labute approximate surface area is 88.9 Å². The third-order valence-electron chi connectivity index (χ3n) is 3.62. The number of nitrogens with two attached hydrogens (primary N) is 1. The smallest absolute Gasteiger partial charge is 0.137 e. The molecule has 1 aliphatic carbocycles. The van der Waals surface area contributed by atoms with Crippen molar-refractivity contribution in [2.45, 2.75) is 25.8 Å². The number of rotatable bonds is 1. The molecule has 15 heavy (non-hydrogen) atoms. The van der Waals surface area contributed by atoms with E-state index in [2.05, 4.69) is 18.8 Å². The van der Waals surface area contributed by atoms with Crippen molar-refractivity contribution in [1.29, 1.82) is 0 Å². The summed E-state index contributed by atoms with van der Waals surface area (Å²) in [5.41, 5.74) is 8.28. The van der Waals surface area contributed by atoms with Crippen LogP contribution in [0.25, 0.3) is 5.65 Å². The average Bonchev–Trinajstić information content (AvgIpc) is 2.61. The van der Waals surface area contributed by atoms with Gasteiger partial charge in [0.25, 0.3) is 0 Å². The standard InChI is InChI=1S/C12H15N3/c1-11(2)8-12(11,13)9-7-15-6-4-3-5-10(15)14-9/h3-7H,8,13H2,1-2H3. The highest BCUT2D eigenvalue weighted by Gasteiger charge is 2.60. The Balaban J connectivity index is 2.14. The molecule has 78 valence electrons. The van der Waals surface area contributed by atoms with E-state index in [1.807, 2.05) is 35.0 Å². The van der Waals surface area contributed by atoms with E-state index in [0.717, 1.165) is 17.8 Å². The molecule has 0 saturated heterocycles. The van der Waals surface area contributed by atoms with Crippen LogP contribution in [-0.2, 0) is 5.54 Å². The molecule has 3 rings (SSSR count). The van der Waals surface area contributed by atoms with Crippen molar-refractivity contribution in [2.75, 3.05) is 0 Å². The number of fused-ring (bicyclic) bond motifs is 1. The van der Waals surface area contributed by atoms with E-state index in [1.165, 1.54) is 0 Å².